The predicted molar refractivity (Wildman–Crippen MR) is 102 cm³/mol. The molecule has 1 saturated carbocycles. The number of likely N-dealkylation sites (tertiary alicyclic amines) is 1. The fraction of sp³-hybridized carbons (Fsp3) is 0.812. The average molecular weight is 406 g/mol. The van der Waals surface area contributed by atoms with Crippen LogP contribution in [0.2, 0.25) is 0 Å². The number of piperidine rings is 1. The van der Waals surface area contributed by atoms with E-state index >= 15 is 0 Å². The van der Waals surface area contributed by atoms with Crippen molar-refractivity contribution in [3.05, 3.63) is 12.2 Å². The van der Waals surface area contributed by atoms with Crippen molar-refractivity contribution in [3.63, 3.8) is 0 Å². The first kappa shape index (κ1) is 18.7. The molecule has 5 heteroatoms. The van der Waals surface area contributed by atoms with Gasteiger partial charge in [-0.1, -0.05) is 25.0 Å². The van der Waals surface area contributed by atoms with Crippen LogP contribution in [-0.2, 0) is 0 Å². The standard InChI is InChI=1S/C16H30N4.HI/c1-13(2)12-20-10-7-15(8-11-20)19-16(17-3)18-9-6-14-4-5-14;/h14-15H,1,4-12H2,2-3H3,(H2,17,18,19);1H. The average Bonchev–Trinajstić information content (AvgIpc) is 3.23. The number of guanidine groups is 1. The van der Waals surface area contributed by atoms with Gasteiger partial charge in [0.2, 0.25) is 0 Å². The summed E-state index contributed by atoms with van der Waals surface area (Å²) in [6.07, 6.45) is 6.52. The second kappa shape index (κ2) is 9.66. The number of halogens is 1. The van der Waals surface area contributed by atoms with Gasteiger partial charge in [-0.2, -0.15) is 0 Å². The molecule has 2 rings (SSSR count). The van der Waals surface area contributed by atoms with Crippen molar-refractivity contribution in [1.29, 1.82) is 0 Å². The van der Waals surface area contributed by atoms with Crippen LogP contribution in [0.3, 0.4) is 0 Å². The predicted octanol–water partition coefficient (Wildman–Crippen LogP) is 2.61. The van der Waals surface area contributed by atoms with Gasteiger partial charge in [-0.15, -0.1) is 24.0 Å². The molecule has 0 aromatic heterocycles. The molecule has 0 unspecified atom stereocenters. The number of hydrogen-bond acceptors (Lipinski definition) is 2. The Bertz CT molecular complexity index is 344. The van der Waals surface area contributed by atoms with Crippen LogP contribution in [-0.4, -0.2) is 50.1 Å². The number of aliphatic imine (C=N–C) groups is 1. The lowest BCUT2D eigenvalue weighted by Gasteiger charge is -2.33. The van der Waals surface area contributed by atoms with E-state index in [1.54, 1.807) is 0 Å². The minimum absolute atomic E-state index is 0. The van der Waals surface area contributed by atoms with Crippen molar-refractivity contribution in [1.82, 2.24) is 15.5 Å². The zero-order valence-electron chi connectivity index (χ0n) is 13.5. The summed E-state index contributed by atoms with van der Waals surface area (Å²) in [7, 11) is 1.86. The largest absolute Gasteiger partial charge is 0.356 e. The fourth-order valence-corrected chi connectivity index (χ4v) is 2.81. The minimum atomic E-state index is 0. The lowest BCUT2D eigenvalue weighted by Crippen LogP contribution is -2.49. The van der Waals surface area contributed by atoms with Crippen LogP contribution in [0, 0.1) is 5.92 Å². The molecule has 2 aliphatic rings. The molecule has 0 aromatic rings. The van der Waals surface area contributed by atoms with E-state index in [-0.39, 0.29) is 24.0 Å². The Morgan fingerprint density at radius 3 is 2.43 bits per heavy atom. The second-order valence-electron chi connectivity index (χ2n) is 6.38. The van der Waals surface area contributed by atoms with E-state index in [2.05, 4.69) is 34.0 Å². The monoisotopic (exact) mass is 406 g/mol. The van der Waals surface area contributed by atoms with Crippen LogP contribution in [0.15, 0.2) is 17.1 Å². The van der Waals surface area contributed by atoms with Crippen molar-refractivity contribution in [3.8, 4) is 0 Å². The molecule has 4 nitrogen and oxygen atoms in total. The van der Waals surface area contributed by atoms with Gasteiger partial charge < -0.3 is 10.6 Å². The summed E-state index contributed by atoms with van der Waals surface area (Å²) in [6, 6.07) is 0.559. The molecular formula is C16H31IN4. The summed E-state index contributed by atoms with van der Waals surface area (Å²) < 4.78 is 0. The number of nitrogens with one attached hydrogen (secondary N) is 2. The molecule has 0 aromatic carbocycles. The Morgan fingerprint density at radius 1 is 1.24 bits per heavy atom. The maximum Gasteiger partial charge on any atom is 0.191 e. The van der Waals surface area contributed by atoms with Gasteiger partial charge in [0.15, 0.2) is 5.96 Å². The van der Waals surface area contributed by atoms with Gasteiger partial charge in [0, 0.05) is 39.3 Å². The zero-order chi connectivity index (χ0) is 14.4. The van der Waals surface area contributed by atoms with Crippen molar-refractivity contribution in [2.24, 2.45) is 10.9 Å². The van der Waals surface area contributed by atoms with E-state index < -0.39 is 0 Å². The maximum atomic E-state index is 4.33. The van der Waals surface area contributed by atoms with Crippen molar-refractivity contribution < 1.29 is 0 Å². The van der Waals surface area contributed by atoms with Gasteiger partial charge in [0.25, 0.3) is 0 Å². The lowest BCUT2D eigenvalue weighted by molar-refractivity contribution is 0.221. The van der Waals surface area contributed by atoms with E-state index in [9.17, 15) is 0 Å². The summed E-state index contributed by atoms with van der Waals surface area (Å²) in [5.41, 5.74) is 1.26. The normalized spacial score (nSPS) is 20.8. The molecule has 0 radical (unpaired) electrons. The highest BCUT2D eigenvalue weighted by atomic mass is 127. The molecule has 21 heavy (non-hydrogen) atoms. The third-order valence-electron chi connectivity index (χ3n) is 4.19. The highest BCUT2D eigenvalue weighted by Crippen LogP contribution is 2.31. The van der Waals surface area contributed by atoms with E-state index in [4.69, 9.17) is 0 Å². The number of rotatable bonds is 6. The second-order valence-corrected chi connectivity index (χ2v) is 6.38. The Labute approximate surface area is 146 Å². The third kappa shape index (κ3) is 7.49. The Balaban J connectivity index is 0.00000220. The summed E-state index contributed by atoms with van der Waals surface area (Å²) in [4.78, 5) is 6.82. The van der Waals surface area contributed by atoms with Crippen LogP contribution in [0.5, 0.6) is 0 Å². The van der Waals surface area contributed by atoms with E-state index in [1.165, 1.54) is 37.7 Å². The molecule has 2 N–H and O–H groups in total. The van der Waals surface area contributed by atoms with Crippen LogP contribution in [0.4, 0.5) is 0 Å². The molecule has 1 aliphatic carbocycles. The molecule has 1 aliphatic heterocycles. The molecular weight excluding hydrogens is 375 g/mol. The van der Waals surface area contributed by atoms with Crippen LogP contribution in [0.1, 0.15) is 39.0 Å². The molecule has 0 spiro atoms. The van der Waals surface area contributed by atoms with Gasteiger partial charge in [-0.3, -0.25) is 9.89 Å². The Kier molecular flexibility index (Phi) is 8.63. The van der Waals surface area contributed by atoms with Gasteiger partial charge in [-0.25, -0.2) is 0 Å². The molecule has 0 amide bonds. The van der Waals surface area contributed by atoms with Crippen molar-refractivity contribution in [2.45, 2.75) is 45.1 Å². The summed E-state index contributed by atoms with van der Waals surface area (Å²) in [5.74, 6) is 1.95. The Hall–Kier alpha value is -0.300. The highest BCUT2D eigenvalue weighted by Gasteiger charge is 2.21. The lowest BCUT2D eigenvalue weighted by atomic mass is 10.0. The Morgan fingerprint density at radius 2 is 1.90 bits per heavy atom. The van der Waals surface area contributed by atoms with Gasteiger partial charge >= 0.3 is 0 Å². The van der Waals surface area contributed by atoms with Gasteiger partial charge in [0.05, 0.1) is 0 Å². The molecule has 0 bridgehead atoms. The molecule has 2 fully saturated rings. The molecule has 0 atom stereocenters. The summed E-state index contributed by atoms with van der Waals surface area (Å²) in [6.45, 7) is 10.5. The molecule has 1 saturated heterocycles. The smallest absolute Gasteiger partial charge is 0.191 e. The summed E-state index contributed by atoms with van der Waals surface area (Å²) in [5, 5.41) is 7.01. The molecule has 122 valence electrons. The minimum Gasteiger partial charge on any atom is -0.356 e. The first-order chi connectivity index (χ1) is 9.67. The first-order valence-electron chi connectivity index (χ1n) is 8.01. The maximum absolute atomic E-state index is 4.33. The van der Waals surface area contributed by atoms with Crippen LogP contribution >= 0.6 is 24.0 Å². The SMILES string of the molecule is C=C(C)CN1CCC(NC(=NC)NCCC2CC2)CC1.I. The first-order valence-corrected chi connectivity index (χ1v) is 8.01. The van der Waals surface area contributed by atoms with E-state index in [0.29, 0.717) is 6.04 Å². The topological polar surface area (TPSA) is 39.7 Å². The van der Waals surface area contributed by atoms with Crippen LogP contribution < -0.4 is 10.6 Å². The van der Waals surface area contributed by atoms with E-state index in [1.807, 2.05) is 7.05 Å². The highest BCUT2D eigenvalue weighted by molar-refractivity contribution is 14.0. The fourth-order valence-electron chi connectivity index (χ4n) is 2.81. The van der Waals surface area contributed by atoms with Gasteiger partial charge in [-0.05, 0) is 32.1 Å². The van der Waals surface area contributed by atoms with Crippen LogP contribution in [0.25, 0.3) is 0 Å². The van der Waals surface area contributed by atoms with Gasteiger partial charge in [0.1, 0.15) is 0 Å². The van der Waals surface area contributed by atoms with E-state index in [0.717, 1.165) is 38.1 Å². The summed E-state index contributed by atoms with van der Waals surface area (Å²) >= 11 is 0. The number of nitrogens with zero attached hydrogens (tertiary/aromatic N) is 2. The van der Waals surface area contributed by atoms with Crippen molar-refractivity contribution >= 4 is 29.9 Å². The quantitative estimate of drug-likeness (QED) is 0.308. The van der Waals surface area contributed by atoms with Crippen molar-refractivity contribution in [2.75, 3.05) is 33.2 Å². The molecule has 1 heterocycles. The number of hydrogen-bond donors (Lipinski definition) is 2. The zero-order valence-corrected chi connectivity index (χ0v) is 15.9. The third-order valence-corrected chi connectivity index (χ3v) is 4.19.